The summed E-state index contributed by atoms with van der Waals surface area (Å²) in [6.07, 6.45) is -0.0620. The third-order valence-electron chi connectivity index (χ3n) is 3.36. The Kier molecular flexibility index (Phi) is 5.74. The predicted molar refractivity (Wildman–Crippen MR) is 78.9 cm³/mol. The van der Waals surface area contributed by atoms with E-state index in [4.69, 9.17) is 5.11 Å². The highest BCUT2D eigenvalue weighted by molar-refractivity contribution is 5.94. The van der Waals surface area contributed by atoms with Crippen molar-refractivity contribution in [1.29, 1.82) is 0 Å². The third kappa shape index (κ3) is 4.68. The van der Waals surface area contributed by atoms with Crippen molar-refractivity contribution in [2.75, 3.05) is 0 Å². The summed E-state index contributed by atoms with van der Waals surface area (Å²) < 4.78 is 0. The van der Waals surface area contributed by atoms with Crippen LogP contribution in [0.25, 0.3) is 0 Å². The zero-order chi connectivity index (χ0) is 15.3. The van der Waals surface area contributed by atoms with E-state index in [1.54, 1.807) is 12.1 Å². The predicted octanol–water partition coefficient (Wildman–Crippen LogP) is 3.04. The molecule has 0 aromatic heterocycles. The molecule has 0 aliphatic rings. The molecule has 0 heterocycles. The lowest BCUT2D eigenvalue weighted by Crippen LogP contribution is -2.40. The van der Waals surface area contributed by atoms with E-state index in [-0.39, 0.29) is 24.3 Å². The van der Waals surface area contributed by atoms with E-state index in [0.29, 0.717) is 11.5 Å². The fourth-order valence-electron chi connectivity index (χ4n) is 1.91. The molecule has 0 saturated carbocycles. The van der Waals surface area contributed by atoms with Crippen LogP contribution in [0.3, 0.4) is 0 Å². The molecule has 0 saturated heterocycles. The fraction of sp³-hybridized carbons (Fsp3) is 0.500. The summed E-state index contributed by atoms with van der Waals surface area (Å²) in [6.45, 7) is 7.99. The molecule has 1 rings (SSSR count). The Labute approximate surface area is 120 Å². The lowest BCUT2D eigenvalue weighted by atomic mass is 9.99. The molecule has 0 bridgehead atoms. The van der Waals surface area contributed by atoms with Crippen molar-refractivity contribution in [1.82, 2.24) is 5.32 Å². The Balaban J connectivity index is 2.75. The number of nitrogens with one attached hydrogen (secondary N) is 1. The van der Waals surface area contributed by atoms with Crippen LogP contribution in [0, 0.1) is 5.92 Å². The van der Waals surface area contributed by atoms with Crippen LogP contribution in [0.4, 0.5) is 0 Å². The molecule has 1 aromatic carbocycles. The average Bonchev–Trinajstić information content (AvgIpc) is 2.37. The maximum Gasteiger partial charge on any atom is 0.305 e. The Morgan fingerprint density at radius 2 is 1.65 bits per heavy atom. The zero-order valence-electron chi connectivity index (χ0n) is 12.5. The number of carbonyl (C=O) groups is 2. The Bertz CT molecular complexity index is 463. The Morgan fingerprint density at radius 3 is 2.05 bits per heavy atom. The first-order chi connectivity index (χ1) is 9.31. The normalized spacial score (nSPS) is 12.5. The summed E-state index contributed by atoms with van der Waals surface area (Å²) in [5.41, 5.74) is 1.73. The number of hydrogen-bond acceptors (Lipinski definition) is 2. The molecule has 1 unspecified atom stereocenters. The van der Waals surface area contributed by atoms with Crippen LogP contribution in [-0.4, -0.2) is 23.0 Å². The summed E-state index contributed by atoms with van der Waals surface area (Å²) in [7, 11) is 0. The molecule has 2 N–H and O–H groups in total. The van der Waals surface area contributed by atoms with E-state index < -0.39 is 5.97 Å². The maximum absolute atomic E-state index is 12.1. The third-order valence-corrected chi connectivity index (χ3v) is 3.36. The van der Waals surface area contributed by atoms with E-state index in [0.717, 1.165) is 0 Å². The molecule has 1 atom stereocenters. The summed E-state index contributed by atoms with van der Waals surface area (Å²) >= 11 is 0. The summed E-state index contributed by atoms with van der Waals surface area (Å²) in [5.74, 6) is -0.632. The molecule has 110 valence electrons. The van der Waals surface area contributed by atoms with E-state index in [2.05, 4.69) is 19.2 Å². The molecule has 0 spiro atoms. The van der Waals surface area contributed by atoms with Crippen molar-refractivity contribution in [2.45, 2.75) is 46.1 Å². The van der Waals surface area contributed by atoms with Crippen molar-refractivity contribution >= 4 is 11.9 Å². The van der Waals surface area contributed by atoms with Crippen molar-refractivity contribution in [3.63, 3.8) is 0 Å². The van der Waals surface area contributed by atoms with Gasteiger partial charge < -0.3 is 10.4 Å². The molecular formula is C16H23NO3. The van der Waals surface area contributed by atoms with Gasteiger partial charge in [-0.1, -0.05) is 39.8 Å². The number of carboxylic acids is 1. The van der Waals surface area contributed by atoms with Gasteiger partial charge in [-0.2, -0.15) is 0 Å². The second-order valence-corrected chi connectivity index (χ2v) is 5.70. The molecule has 0 aliphatic heterocycles. The minimum absolute atomic E-state index is 0.0620. The molecule has 0 aliphatic carbocycles. The highest BCUT2D eigenvalue weighted by Crippen LogP contribution is 2.15. The topological polar surface area (TPSA) is 66.4 Å². The van der Waals surface area contributed by atoms with E-state index >= 15 is 0 Å². The quantitative estimate of drug-likeness (QED) is 0.840. The van der Waals surface area contributed by atoms with E-state index in [1.807, 2.05) is 26.0 Å². The average molecular weight is 277 g/mol. The largest absolute Gasteiger partial charge is 0.481 e. The molecule has 4 nitrogen and oxygen atoms in total. The van der Waals surface area contributed by atoms with Gasteiger partial charge in [0.05, 0.1) is 6.42 Å². The number of amides is 1. The molecule has 0 radical (unpaired) electrons. The second-order valence-electron chi connectivity index (χ2n) is 5.70. The summed E-state index contributed by atoms with van der Waals surface area (Å²) in [4.78, 5) is 22.9. The first-order valence-corrected chi connectivity index (χ1v) is 6.94. The smallest absolute Gasteiger partial charge is 0.305 e. The van der Waals surface area contributed by atoms with Gasteiger partial charge in [0.15, 0.2) is 0 Å². The molecular weight excluding hydrogens is 254 g/mol. The van der Waals surface area contributed by atoms with Crippen LogP contribution in [0.2, 0.25) is 0 Å². The minimum atomic E-state index is -0.904. The van der Waals surface area contributed by atoms with Gasteiger partial charge >= 0.3 is 5.97 Å². The SMILES string of the molecule is CC(C)c1ccc(C(=O)NC(CC(=O)O)C(C)C)cc1. The summed E-state index contributed by atoms with van der Waals surface area (Å²) in [6, 6.07) is 7.07. The van der Waals surface area contributed by atoms with E-state index in [9.17, 15) is 9.59 Å². The van der Waals surface area contributed by atoms with Crippen LogP contribution in [0.1, 0.15) is 56.0 Å². The van der Waals surface area contributed by atoms with Crippen LogP contribution < -0.4 is 5.32 Å². The zero-order valence-corrected chi connectivity index (χ0v) is 12.5. The number of aliphatic carboxylic acids is 1. The van der Waals surface area contributed by atoms with Gasteiger partial charge in [0.2, 0.25) is 0 Å². The lowest BCUT2D eigenvalue weighted by molar-refractivity contribution is -0.137. The number of carbonyl (C=O) groups excluding carboxylic acids is 1. The molecule has 1 amide bonds. The van der Waals surface area contributed by atoms with Gasteiger partial charge in [-0.15, -0.1) is 0 Å². The minimum Gasteiger partial charge on any atom is -0.481 e. The van der Waals surface area contributed by atoms with Crippen LogP contribution >= 0.6 is 0 Å². The van der Waals surface area contributed by atoms with Crippen LogP contribution in [0.5, 0.6) is 0 Å². The van der Waals surface area contributed by atoms with Gasteiger partial charge in [-0.3, -0.25) is 9.59 Å². The van der Waals surface area contributed by atoms with Gasteiger partial charge in [0.1, 0.15) is 0 Å². The number of hydrogen-bond donors (Lipinski definition) is 2. The maximum atomic E-state index is 12.1. The number of rotatable bonds is 6. The van der Waals surface area contributed by atoms with Gasteiger partial charge in [-0.05, 0) is 29.5 Å². The van der Waals surface area contributed by atoms with Crippen LogP contribution in [0.15, 0.2) is 24.3 Å². The van der Waals surface area contributed by atoms with Crippen molar-refractivity contribution in [2.24, 2.45) is 5.92 Å². The Morgan fingerprint density at radius 1 is 1.10 bits per heavy atom. The second kappa shape index (κ2) is 7.08. The first-order valence-electron chi connectivity index (χ1n) is 6.94. The number of benzene rings is 1. The van der Waals surface area contributed by atoms with Gasteiger partial charge in [0.25, 0.3) is 5.91 Å². The van der Waals surface area contributed by atoms with Crippen molar-refractivity contribution < 1.29 is 14.7 Å². The van der Waals surface area contributed by atoms with E-state index in [1.165, 1.54) is 5.56 Å². The molecule has 20 heavy (non-hydrogen) atoms. The highest BCUT2D eigenvalue weighted by atomic mass is 16.4. The monoisotopic (exact) mass is 277 g/mol. The fourth-order valence-corrected chi connectivity index (χ4v) is 1.91. The van der Waals surface area contributed by atoms with Crippen LogP contribution in [-0.2, 0) is 4.79 Å². The van der Waals surface area contributed by atoms with Crippen molar-refractivity contribution in [3.05, 3.63) is 35.4 Å². The molecule has 1 aromatic rings. The lowest BCUT2D eigenvalue weighted by Gasteiger charge is -2.20. The van der Waals surface area contributed by atoms with Crippen molar-refractivity contribution in [3.8, 4) is 0 Å². The Hall–Kier alpha value is -1.84. The highest BCUT2D eigenvalue weighted by Gasteiger charge is 2.20. The standard InChI is InChI=1S/C16H23NO3/c1-10(2)12-5-7-13(8-6-12)16(20)17-14(11(3)4)9-15(18)19/h5-8,10-11,14H,9H2,1-4H3,(H,17,20)(H,18,19). The van der Waals surface area contributed by atoms with Gasteiger partial charge in [0, 0.05) is 11.6 Å². The van der Waals surface area contributed by atoms with Gasteiger partial charge in [-0.25, -0.2) is 0 Å². The first kappa shape index (κ1) is 16.2. The number of carboxylic acid groups (broad SMARTS) is 1. The molecule has 4 heteroatoms. The molecule has 0 fully saturated rings. The summed E-state index contributed by atoms with van der Waals surface area (Å²) in [5, 5.41) is 11.7.